The Hall–Kier alpha value is -1.46. The summed E-state index contributed by atoms with van der Waals surface area (Å²) in [4.78, 5) is 14.5. The lowest BCUT2D eigenvalue weighted by atomic mass is 10.0. The van der Waals surface area contributed by atoms with Gasteiger partial charge in [0.2, 0.25) is 0 Å². The molecule has 2 aliphatic heterocycles. The van der Waals surface area contributed by atoms with E-state index in [4.69, 9.17) is 4.98 Å². The highest BCUT2D eigenvalue weighted by Crippen LogP contribution is 2.34. The van der Waals surface area contributed by atoms with Crippen LogP contribution in [0.15, 0.2) is 18.3 Å². The third-order valence-electron chi connectivity index (χ3n) is 5.28. The van der Waals surface area contributed by atoms with Gasteiger partial charge in [-0.3, -0.25) is 4.90 Å². The molecule has 2 unspecified atom stereocenters. The summed E-state index contributed by atoms with van der Waals surface area (Å²) < 4.78 is 2.45. The van der Waals surface area contributed by atoms with E-state index < -0.39 is 0 Å². The summed E-state index contributed by atoms with van der Waals surface area (Å²) in [6.07, 6.45) is 6.91. The summed E-state index contributed by atoms with van der Waals surface area (Å²) in [5, 5.41) is 0. The van der Waals surface area contributed by atoms with E-state index in [1.54, 1.807) is 0 Å². The Labute approximate surface area is 131 Å². The van der Waals surface area contributed by atoms with E-state index in [1.807, 2.05) is 12.3 Å². The van der Waals surface area contributed by atoms with Crippen LogP contribution in [0.4, 0.5) is 0 Å². The summed E-state index contributed by atoms with van der Waals surface area (Å²) >= 11 is 0. The van der Waals surface area contributed by atoms with Gasteiger partial charge in [0, 0.05) is 12.7 Å². The minimum absolute atomic E-state index is 0.439. The number of likely N-dealkylation sites (tertiary alicyclic amines) is 2. The molecule has 0 saturated carbocycles. The van der Waals surface area contributed by atoms with Crippen LogP contribution in [-0.4, -0.2) is 58.1 Å². The average molecular weight is 299 g/mol. The van der Waals surface area contributed by atoms with Crippen LogP contribution in [0.25, 0.3) is 11.2 Å². The lowest BCUT2D eigenvalue weighted by Gasteiger charge is -2.33. The molecule has 118 valence electrons. The number of nitrogens with zero attached hydrogens (tertiary/aromatic N) is 5. The number of likely N-dealkylation sites (N-methyl/N-ethyl adjacent to an activating group) is 1. The van der Waals surface area contributed by atoms with Crippen molar-refractivity contribution in [1.29, 1.82) is 0 Å². The maximum atomic E-state index is 5.00. The Balaban J connectivity index is 1.82. The summed E-state index contributed by atoms with van der Waals surface area (Å²) in [7, 11) is 4.45. The smallest absolute Gasteiger partial charge is 0.160 e. The minimum Gasteiger partial charge on any atom is -0.307 e. The fraction of sp³-hybridized carbons (Fsp3) is 0.647. The second-order valence-electron chi connectivity index (χ2n) is 6.88. The maximum Gasteiger partial charge on any atom is 0.160 e. The van der Waals surface area contributed by atoms with Crippen molar-refractivity contribution in [3.63, 3.8) is 0 Å². The molecule has 2 atom stereocenters. The van der Waals surface area contributed by atoms with Crippen LogP contribution in [0, 0.1) is 0 Å². The summed E-state index contributed by atoms with van der Waals surface area (Å²) in [6, 6.07) is 5.04. The number of rotatable bonds is 2. The maximum absolute atomic E-state index is 5.00. The molecule has 4 rings (SSSR count). The van der Waals surface area contributed by atoms with E-state index in [0.29, 0.717) is 12.1 Å². The molecule has 2 aromatic rings. The standard InChI is InChI=1S/C17H25N5/c1-20-11-8-13(12-20)22-16-14(6-5-9-18-16)19-17(22)15-7-3-4-10-21(15)2/h5-6,9,13,15H,3-4,7-8,10-12H2,1-2H3. The Morgan fingerprint density at radius 2 is 2.05 bits per heavy atom. The monoisotopic (exact) mass is 299 g/mol. The van der Waals surface area contributed by atoms with E-state index in [0.717, 1.165) is 24.3 Å². The summed E-state index contributed by atoms with van der Waals surface area (Å²) in [5.74, 6) is 1.23. The van der Waals surface area contributed by atoms with Crippen LogP contribution in [0.5, 0.6) is 0 Å². The number of piperidine rings is 1. The second-order valence-corrected chi connectivity index (χ2v) is 6.88. The molecule has 4 heterocycles. The normalized spacial score (nSPS) is 27.7. The zero-order valence-electron chi connectivity index (χ0n) is 13.6. The van der Waals surface area contributed by atoms with Crippen LogP contribution in [-0.2, 0) is 0 Å². The molecule has 0 bridgehead atoms. The van der Waals surface area contributed by atoms with Crippen molar-refractivity contribution in [3.05, 3.63) is 24.2 Å². The first-order chi connectivity index (χ1) is 10.7. The predicted octanol–water partition coefficient (Wildman–Crippen LogP) is 2.46. The molecule has 0 aromatic carbocycles. The fourth-order valence-corrected chi connectivity index (χ4v) is 4.07. The van der Waals surface area contributed by atoms with Gasteiger partial charge in [0.25, 0.3) is 0 Å². The van der Waals surface area contributed by atoms with Crippen LogP contribution in [0.2, 0.25) is 0 Å². The van der Waals surface area contributed by atoms with E-state index in [2.05, 4.69) is 39.5 Å². The van der Waals surface area contributed by atoms with Gasteiger partial charge >= 0.3 is 0 Å². The van der Waals surface area contributed by atoms with Crippen LogP contribution in [0.3, 0.4) is 0 Å². The van der Waals surface area contributed by atoms with Gasteiger partial charge in [-0.1, -0.05) is 6.42 Å². The van der Waals surface area contributed by atoms with Gasteiger partial charge < -0.3 is 9.47 Å². The number of imidazole rings is 1. The molecule has 2 fully saturated rings. The van der Waals surface area contributed by atoms with Crippen LogP contribution in [0.1, 0.15) is 43.6 Å². The SMILES string of the molecule is CN1CCC(n2c(C3CCCCN3C)nc3cccnc32)C1. The first-order valence-electron chi connectivity index (χ1n) is 8.45. The van der Waals surface area contributed by atoms with E-state index in [1.165, 1.54) is 38.1 Å². The van der Waals surface area contributed by atoms with Gasteiger partial charge in [-0.15, -0.1) is 0 Å². The number of fused-ring (bicyclic) bond motifs is 1. The van der Waals surface area contributed by atoms with Crippen molar-refractivity contribution in [3.8, 4) is 0 Å². The van der Waals surface area contributed by atoms with E-state index >= 15 is 0 Å². The molecule has 2 saturated heterocycles. The Morgan fingerprint density at radius 3 is 2.82 bits per heavy atom. The van der Waals surface area contributed by atoms with Crippen LogP contribution < -0.4 is 0 Å². The summed E-state index contributed by atoms with van der Waals surface area (Å²) in [5.41, 5.74) is 2.11. The fourth-order valence-electron chi connectivity index (χ4n) is 4.07. The highest BCUT2D eigenvalue weighted by Gasteiger charge is 2.31. The number of pyridine rings is 1. The predicted molar refractivity (Wildman–Crippen MR) is 87.9 cm³/mol. The third kappa shape index (κ3) is 2.32. The lowest BCUT2D eigenvalue weighted by Crippen LogP contribution is -2.32. The average Bonchev–Trinajstić information content (AvgIpc) is 3.10. The van der Waals surface area contributed by atoms with Gasteiger partial charge in [-0.25, -0.2) is 9.97 Å². The van der Waals surface area contributed by atoms with Gasteiger partial charge in [-0.2, -0.15) is 0 Å². The molecular formula is C17H25N5. The zero-order chi connectivity index (χ0) is 15.1. The molecule has 0 aliphatic carbocycles. The Morgan fingerprint density at radius 1 is 1.14 bits per heavy atom. The molecular weight excluding hydrogens is 274 g/mol. The number of hydrogen-bond donors (Lipinski definition) is 0. The number of aromatic nitrogens is 3. The zero-order valence-corrected chi connectivity index (χ0v) is 13.6. The highest BCUT2D eigenvalue weighted by molar-refractivity contribution is 5.71. The van der Waals surface area contributed by atoms with Crippen molar-refractivity contribution in [1.82, 2.24) is 24.3 Å². The van der Waals surface area contributed by atoms with Gasteiger partial charge in [0.05, 0.1) is 12.1 Å². The van der Waals surface area contributed by atoms with E-state index in [9.17, 15) is 0 Å². The molecule has 0 N–H and O–H groups in total. The summed E-state index contributed by atoms with van der Waals surface area (Å²) in [6.45, 7) is 3.44. The largest absolute Gasteiger partial charge is 0.307 e. The first-order valence-corrected chi connectivity index (χ1v) is 8.45. The van der Waals surface area contributed by atoms with Crippen molar-refractivity contribution in [2.24, 2.45) is 0 Å². The highest BCUT2D eigenvalue weighted by atomic mass is 15.3. The molecule has 22 heavy (non-hydrogen) atoms. The Kier molecular flexibility index (Phi) is 3.62. The molecule has 5 heteroatoms. The van der Waals surface area contributed by atoms with Gasteiger partial charge in [0.15, 0.2) is 5.65 Å². The molecule has 0 radical (unpaired) electrons. The van der Waals surface area contributed by atoms with Crippen molar-refractivity contribution in [2.45, 2.75) is 37.8 Å². The van der Waals surface area contributed by atoms with Crippen molar-refractivity contribution < 1.29 is 0 Å². The van der Waals surface area contributed by atoms with E-state index in [-0.39, 0.29) is 0 Å². The molecule has 0 amide bonds. The van der Waals surface area contributed by atoms with Gasteiger partial charge in [-0.05, 0) is 58.6 Å². The third-order valence-corrected chi connectivity index (χ3v) is 5.28. The Bertz CT molecular complexity index is 664. The van der Waals surface area contributed by atoms with Gasteiger partial charge in [0.1, 0.15) is 11.3 Å². The molecule has 5 nitrogen and oxygen atoms in total. The molecule has 2 aromatic heterocycles. The second kappa shape index (κ2) is 5.63. The first kappa shape index (κ1) is 14.2. The molecule has 0 spiro atoms. The van der Waals surface area contributed by atoms with Crippen molar-refractivity contribution in [2.75, 3.05) is 33.7 Å². The topological polar surface area (TPSA) is 37.2 Å². The lowest BCUT2D eigenvalue weighted by molar-refractivity contribution is 0.173. The van der Waals surface area contributed by atoms with Crippen molar-refractivity contribution >= 4 is 11.2 Å². The number of hydrogen-bond acceptors (Lipinski definition) is 4. The molecule has 2 aliphatic rings. The quantitative estimate of drug-likeness (QED) is 0.853. The minimum atomic E-state index is 0.439. The van der Waals surface area contributed by atoms with Crippen LogP contribution >= 0.6 is 0 Å².